The fourth-order valence-electron chi connectivity index (χ4n) is 2.54. The minimum absolute atomic E-state index is 0.401. The zero-order valence-corrected chi connectivity index (χ0v) is 11.1. The molecular weight excluding hydrogens is 236 g/mol. The Hall–Kier alpha value is -1.65. The van der Waals surface area contributed by atoms with E-state index in [1.54, 1.807) is 6.20 Å². The lowest BCUT2D eigenvalue weighted by molar-refractivity contribution is 0.205. The van der Waals surface area contributed by atoms with Gasteiger partial charge < -0.3 is 5.73 Å². The van der Waals surface area contributed by atoms with E-state index in [0.29, 0.717) is 6.04 Å². The molecule has 0 spiro atoms. The van der Waals surface area contributed by atoms with Gasteiger partial charge in [0, 0.05) is 25.0 Å². The van der Waals surface area contributed by atoms with Crippen molar-refractivity contribution in [1.29, 1.82) is 0 Å². The zero-order chi connectivity index (χ0) is 13.1. The SMILES string of the molecule is NC1CCN(Cc2ccc(-n3cccn3)cc2)CC1. The molecule has 0 aliphatic carbocycles. The summed E-state index contributed by atoms with van der Waals surface area (Å²) in [6, 6.07) is 11.0. The van der Waals surface area contributed by atoms with Gasteiger partial charge in [-0.15, -0.1) is 0 Å². The molecule has 100 valence electrons. The molecule has 3 rings (SSSR count). The molecule has 0 radical (unpaired) electrons. The molecule has 1 aliphatic heterocycles. The predicted molar refractivity (Wildman–Crippen MR) is 76.1 cm³/mol. The molecule has 1 saturated heterocycles. The molecule has 4 heteroatoms. The number of nitrogens with zero attached hydrogens (tertiary/aromatic N) is 3. The molecule has 19 heavy (non-hydrogen) atoms. The van der Waals surface area contributed by atoms with Crippen LogP contribution in [-0.4, -0.2) is 33.8 Å². The minimum Gasteiger partial charge on any atom is -0.328 e. The molecule has 2 heterocycles. The van der Waals surface area contributed by atoms with Crippen molar-refractivity contribution in [3.63, 3.8) is 0 Å². The van der Waals surface area contributed by atoms with Crippen LogP contribution in [0.4, 0.5) is 0 Å². The van der Waals surface area contributed by atoms with Crippen molar-refractivity contribution in [2.24, 2.45) is 5.73 Å². The number of nitrogens with two attached hydrogens (primary N) is 1. The summed E-state index contributed by atoms with van der Waals surface area (Å²) in [6.45, 7) is 3.25. The Kier molecular flexibility index (Phi) is 3.62. The number of likely N-dealkylation sites (tertiary alicyclic amines) is 1. The molecule has 0 unspecified atom stereocenters. The van der Waals surface area contributed by atoms with Crippen LogP contribution in [0.2, 0.25) is 0 Å². The Morgan fingerprint density at radius 1 is 1.16 bits per heavy atom. The Morgan fingerprint density at radius 3 is 2.53 bits per heavy atom. The van der Waals surface area contributed by atoms with Crippen molar-refractivity contribution in [3.8, 4) is 5.69 Å². The molecular formula is C15H20N4. The molecule has 1 aromatic heterocycles. The van der Waals surface area contributed by atoms with Crippen LogP contribution in [0.1, 0.15) is 18.4 Å². The van der Waals surface area contributed by atoms with Gasteiger partial charge in [0.05, 0.1) is 5.69 Å². The molecule has 0 bridgehead atoms. The van der Waals surface area contributed by atoms with Crippen molar-refractivity contribution in [2.75, 3.05) is 13.1 Å². The van der Waals surface area contributed by atoms with E-state index in [-0.39, 0.29) is 0 Å². The molecule has 0 saturated carbocycles. The second-order valence-electron chi connectivity index (χ2n) is 5.23. The molecule has 2 N–H and O–H groups in total. The van der Waals surface area contributed by atoms with Crippen LogP contribution in [0.3, 0.4) is 0 Å². The van der Waals surface area contributed by atoms with Crippen LogP contribution >= 0.6 is 0 Å². The number of hydrogen-bond donors (Lipinski definition) is 1. The number of benzene rings is 1. The van der Waals surface area contributed by atoms with Crippen LogP contribution in [0.25, 0.3) is 5.69 Å². The lowest BCUT2D eigenvalue weighted by Crippen LogP contribution is -2.39. The second-order valence-corrected chi connectivity index (χ2v) is 5.23. The lowest BCUT2D eigenvalue weighted by Gasteiger charge is -2.30. The zero-order valence-electron chi connectivity index (χ0n) is 11.1. The first-order valence-corrected chi connectivity index (χ1v) is 6.88. The third-order valence-corrected chi connectivity index (χ3v) is 3.74. The fourth-order valence-corrected chi connectivity index (χ4v) is 2.54. The molecule has 0 atom stereocenters. The molecule has 1 aliphatic rings. The Morgan fingerprint density at radius 2 is 1.89 bits per heavy atom. The number of rotatable bonds is 3. The van der Waals surface area contributed by atoms with E-state index in [1.165, 1.54) is 5.56 Å². The summed E-state index contributed by atoms with van der Waals surface area (Å²) in [5, 5.41) is 4.23. The summed E-state index contributed by atoms with van der Waals surface area (Å²) in [6.07, 6.45) is 5.99. The highest BCUT2D eigenvalue weighted by Crippen LogP contribution is 2.14. The van der Waals surface area contributed by atoms with Crippen molar-refractivity contribution < 1.29 is 0 Å². The summed E-state index contributed by atoms with van der Waals surface area (Å²) < 4.78 is 1.88. The van der Waals surface area contributed by atoms with Gasteiger partial charge in [-0.05, 0) is 49.7 Å². The first-order chi connectivity index (χ1) is 9.31. The van der Waals surface area contributed by atoms with Gasteiger partial charge in [0.25, 0.3) is 0 Å². The van der Waals surface area contributed by atoms with Gasteiger partial charge in [-0.3, -0.25) is 4.90 Å². The Labute approximate surface area is 113 Å². The van der Waals surface area contributed by atoms with Gasteiger partial charge >= 0.3 is 0 Å². The van der Waals surface area contributed by atoms with E-state index in [2.05, 4.69) is 34.3 Å². The summed E-state index contributed by atoms with van der Waals surface area (Å²) in [5.74, 6) is 0. The van der Waals surface area contributed by atoms with Gasteiger partial charge in [-0.1, -0.05) is 12.1 Å². The van der Waals surface area contributed by atoms with E-state index in [9.17, 15) is 0 Å². The molecule has 1 fully saturated rings. The molecule has 2 aromatic rings. The van der Waals surface area contributed by atoms with Gasteiger partial charge in [0.2, 0.25) is 0 Å². The van der Waals surface area contributed by atoms with Crippen LogP contribution in [0, 0.1) is 0 Å². The topological polar surface area (TPSA) is 47.1 Å². The fraction of sp³-hybridized carbons (Fsp3) is 0.400. The quantitative estimate of drug-likeness (QED) is 0.911. The van der Waals surface area contributed by atoms with E-state index >= 15 is 0 Å². The maximum absolute atomic E-state index is 5.93. The number of piperidine rings is 1. The van der Waals surface area contributed by atoms with Gasteiger partial charge in [-0.25, -0.2) is 4.68 Å². The highest BCUT2D eigenvalue weighted by Gasteiger charge is 2.15. The van der Waals surface area contributed by atoms with Crippen LogP contribution in [0.5, 0.6) is 0 Å². The smallest absolute Gasteiger partial charge is 0.0645 e. The van der Waals surface area contributed by atoms with Crippen LogP contribution in [-0.2, 0) is 6.54 Å². The lowest BCUT2D eigenvalue weighted by atomic mass is 10.1. The monoisotopic (exact) mass is 256 g/mol. The van der Waals surface area contributed by atoms with E-state index in [0.717, 1.165) is 38.2 Å². The van der Waals surface area contributed by atoms with Crippen molar-refractivity contribution >= 4 is 0 Å². The van der Waals surface area contributed by atoms with Gasteiger partial charge in [0.1, 0.15) is 0 Å². The van der Waals surface area contributed by atoms with E-state index in [4.69, 9.17) is 5.73 Å². The third-order valence-electron chi connectivity index (χ3n) is 3.74. The Bertz CT molecular complexity index is 495. The number of aromatic nitrogens is 2. The first kappa shape index (κ1) is 12.4. The maximum atomic E-state index is 5.93. The van der Waals surface area contributed by atoms with Crippen molar-refractivity contribution in [1.82, 2.24) is 14.7 Å². The predicted octanol–water partition coefficient (Wildman–Crippen LogP) is 1.80. The average molecular weight is 256 g/mol. The highest BCUT2D eigenvalue weighted by molar-refractivity contribution is 5.33. The highest BCUT2D eigenvalue weighted by atomic mass is 15.3. The summed E-state index contributed by atoms with van der Waals surface area (Å²) >= 11 is 0. The summed E-state index contributed by atoms with van der Waals surface area (Å²) in [5.41, 5.74) is 8.39. The van der Waals surface area contributed by atoms with Gasteiger partial charge in [-0.2, -0.15) is 5.10 Å². The third kappa shape index (κ3) is 3.03. The van der Waals surface area contributed by atoms with E-state index in [1.807, 2.05) is 16.9 Å². The second kappa shape index (κ2) is 5.55. The normalized spacial score (nSPS) is 17.7. The maximum Gasteiger partial charge on any atom is 0.0645 e. The molecule has 0 amide bonds. The average Bonchev–Trinajstić information content (AvgIpc) is 2.96. The number of hydrogen-bond acceptors (Lipinski definition) is 3. The van der Waals surface area contributed by atoms with Crippen molar-refractivity contribution in [3.05, 3.63) is 48.3 Å². The van der Waals surface area contributed by atoms with Crippen LogP contribution < -0.4 is 5.73 Å². The van der Waals surface area contributed by atoms with E-state index < -0.39 is 0 Å². The summed E-state index contributed by atoms with van der Waals surface area (Å²) in [7, 11) is 0. The van der Waals surface area contributed by atoms with Crippen LogP contribution in [0.15, 0.2) is 42.7 Å². The van der Waals surface area contributed by atoms with Gasteiger partial charge in [0.15, 0.2) is 0 Å². The first-order valence-electron chi connectivity index (χ1n) is 6.88. The molecule has 1 aromatic carbocycles. The largest absolute Gasteiger partial charge is 0.328 e. The summed E-state index contributed by atoms with van der Waals surface area (Å²) in [4.78, 5) is 2.48. The molecule has 4 nitrogen and oxygen atoms in total. The Balaban J connectivity index is 1.63. The standard InChI is InChI=1S/C15H20N4/c16-14-6-10-18(11-7-14)12-13-2-4-15(5-3-13)19-9-1-8-17-19/h1-5,8-9,14H,6-7,10-12,16H2. The minimum atomic E-state index is 0.401. The van der Waals surface area contributed by atoms with Crippen molar-refractivity contribution in [2.45, 2.75) is 25.4 Å².